The minimum atomic E-state index is -0.960. The number of fused-ring (bicyclic) bond motifs is 1. The predicted molar refractivity (Wildman–Crippen MR) is 121 cm³/mol. The molecule has 32 heavy (non-hydrogen) atoms. The molecule has 7 nitrogen and oxygen atoms in total. The van der Waals surface area contributed by atoms with Crippen molar-refractivity contribution in [2.75, 3.05) is 32.4 Å². The van der Waals surface area contributed by atoms with Crippen molar-refractivity contribution < 1.29 is 23.8 Å². The number of rotatable bonds is 8. The lowest BCUT2D eigenvalue weighted by Gasteiger charge is -2.40. The van der Waals surface area contributed by atoms with Crippen LogP contribution < -0.4 is 10.2 Å². The second-order valence-electron chi connectivity index (χ2n) is 7.99. The molecule has 8 heteroatoms. The molecule has 0 aliphatic carbocycles. The van der Waals surface area contributed by atoms with Gasteiger partial charge in [-0.05, 0) is 55.2 Å². The maximum Gasteiger partial charge on any atom is 0.335 e. The molecule has 170 valence electrons. The van der Waals surface area contributed by atoms with Crippen LogP contribution in [0.15, 0.2) is 42.6 Å². The quantitative estimate of drug-likeness (QED) is 0.470. The molecule has 1 aliphatic heterocycles. The van der Waals surface area contributed by atoms with E-state index >= 15 is 0 Å². The van der Waals surface area contributed by atoms with E-state index in [1.165, 1.54) is 0 Å². The molecule has 2 heterocycles. The number of anilines is 1. The molecule has 0 spiro atoms. The molecule has 0 saturated carbocycles. The van der Waals surface area contributed by atoms with Gasteiger partial charge in [0.1, 0.15) is 18.1 Å². The number of ether oxygens (including phenoxy) is 2. The molecule has 4 rings (SSSR count). The number of carbonyl (C=O) groups is 1. The number of carboxylic acid groups (broad SMARTS) is 1. The van der Waals surface area contributed by atoms with E-state index in [4.69, 9.17) is 9.47 Å². The summed E-state index contributed by atoms with van der Waals surface area (Å²) in [5.74, 6) is -0.219. The Kier molecular flexibility index (Phi) is 6.62. The molecule has 2 atom stereocenters. The number of halogens is 1. The van der Waals surface area contributed by atoms with Crippen LogP contribution in [0.1, 0.15) is 40.4 Å². The van der Waals surface area contributed by atoms with Gasteiger partial charge in [0.25, 0.3) is 0 Å². The number of carboxylic acids is 1. The minimum Gasteiger partial charge on any atom is -0.495 e. The average Bonchev–Trinajstić information content (AvgIpc) is 3.30. The zero-order chi connectivity index (χ0) is 22.7. The summed E-state index contributed by atoms with van der Waals surface area (Å²) >= 11 is 0. The van der Waals surface area contributed by atoms with Crippen LogP contribution in [0.3, 0.4) is 0 Å². The Hall–Kier alpha value is -3.10. The number of alkyl halides is 1. The molecule has 3 N–H and O–H groups in total. The van der Waals surface area contributed by atoms with Gasteiger partial charge in [-0.1, -0.05) is 12.1 Å². The van der Waals surface area contributed by atoms with Crippen molar-refractivity contribution in [3.8, 4) is 5.75 Å². The highest BCUT2D eigenvalue weighted by molar-refractivity contribution is 5.97. The Bertz CT molecular complexity index is 1080. The maximum absolute atomic E-state index is 12.7. The van der Waals surface area contributed by atoms with Gasteiger partial charge in [-0.15, -0.1) is 0 Å². The molecular formula is C24H28FN3O4. The Morgan fingerprint density at radius 2 is 2.09 bits per heavy atom. The molecule has 0 bridgehead atoms. The average molecular weight is 442 g/mol. The van der Waals surface area contributed by atoms with Crippen molar-refractivity contribution in [3.63, 3.8) is 0 Å². The second kappa shape index (κ2) is 9.58. The first-order chi connectivity index (χ1) is 15.5. The van der Waals surface area contributed by atoms with E-state index in [-0.39, 0.29) is 24.3 Å². The van der Waals surface area contributed by atoms with Gasteiger partial charge in [0, 0.05) is 18.1 Å². The third-order valence-electron chi connectivity index (χ3n) is 6.01. The zero-order valence-electron chi connectivity index (χ0n) is 18.2. The molecule has 1 aromatic heterocycles. The highest BCUT2D eigenvalue weighted by atomic mass is 19.1. The SMILES string of the molecule is COc1cc(C)c2[nH]ccc2c1NN1CC[C@H](OCCF)C[C@H]1c1ccc(C(=O)O)cc1. The molecule has 0 amide bonds. The lowest BCUT2D eigenvalue weighted by Crippen LogP contribution is -2.43. The molecule has 0 radical (unpaired) electrons. The fraction of sp³-hybridized carbons (Fsp3) is 0.375. The summed E-state index contributed by atoms with van der Waals surface area (Å²) in [6, 6.07) is 10.8. The summed E-state index contributed by atoms with van der Waals surface area (Å²) in [6.07, 6.45) is 3.24. The summed E-state index contributed by atoms with van der Waals surface area (Å²) < 4.78 is 24.0. The monoisotopic (exact) mass is 441 g/mol. The number of aryl methyl sites for hydroxylation is 1. The fourth-order valence-electron chi connectivity index (χ4n) is 4.39. The number of hydrogen-bond acceptors (Lipinski definition) is 5. The highest BCUT2D eigenvalue weighted by Gasteiger charge is 2.31. The fourth-order valence-corrected chi connectivity index (χ4v) is 4.39. The summed E-state index contributed by atoms with van der Waals surface area (Å²) in [5.41, 5.74) is 7.76. The number of piperidine rings is 1. The highest BCUT2D eigenvalue weighted by Crippen LogP contribution is 2.39. The Labute approximate surface area is 186 Å². The largest absolute Gasteiger partial charge is 0.495 e. The Balaban J connectivity index is 1.67. The summed E-state index contributed by atoms with van der Waals surface area (Å²) in [6.45, 7) is 2.28. The predicted octanol–water partition coefficient (Wildman–Crippen LogP) is 4.70. The zero-order valence-corrected chi connectivity index (χ0v) is 18.2. The van der Waals surface area contributed by atoms with Gasteiger partial charge in [-0.25, -0.2) is 14.2 Å². The van der Waals surface area contributed by atoms with Gasteiger partial charge in [-0.2, -0.15) is 0 Å². The van der Waals surface area contributed by atoms with E-state index in [0.717, 1.165) is 39.9 Å². The first kappa shape index (κ1) is 22.1. The molecule has 1 saturated heterocycles. The van der Waals surface area contributed by atoms with E-state index in [0.29, 0.717) is 13.0 Å². The number of aromatic amines is 1. The van der Waals surface area contributed by atoms with Crippen LogP contribution in [0, 0.1) is 6.92 Å². The first-order valence-corrected chi connectivity index (χ1v) is 10.7. The van der Waals surface area contributed by atoms with E-state index in [2.05, 4.69) is 15.4 Å². The van der Waals surface area contributed by atoms with Gasteiger partial charge in [0.2, 0.25) is 0 Å². The molecule has 3 aromatic rings. The number of nitrogens with one attached hydrogen (secondary N) is 2. The minimum absolute atomic E-state index is 0.0693. The van der Waals surface area contributed by atoms with Gasteiger partial charge in [0.15, 0.2) is 0 Å². The van der Waals surface area contributed by atoms with Crippen molar-refractivity contribution in [1.82, 2.24) is 9.99 Å². The van der Waals surface area contributed by atoms with Crippen LogP contribution in [0.5, 0.6) is 5.75 Å². The van der Waals surface area contributed by atoms with Gasteiger partial charge >= 0.3 is 5.97 Å². The van der Waals surface area contributed by atoms with Gasteiger partial charge in [0.05, 0.1) is 36.9 Å². The maximum atomic E-state index is 12.7. The second-order valence-corrected chi connectivity index (χ2v) is 7.99. The Morgan fingerprint density at radius 1 is 1.31 bits per heavy atom. The third-order valence-corrected chi connectivity index (χ3v) is 6.01. The summed E-state index contributed by atoms with van der Waals surface area (Å²) in [4.78, 5) is 14.5. The van der Waals surface area contributed by atoms with Crippen molar-refractivity contribution in [2.24, 2.45) is 0 Å². The number of aromatic nitrogens is 1. The van der Waals surface area contributed by atoms with Crippen LogP contribution >= 0.6 is 0 Å². The van der Waals surface area contributed by atoms with Crippen LogP contribution in [-0.4, -0.2) is 54.1 Å². The van der Waals surface area contributed by atoms with Crippen molar-refractivity contribution in [2.45, 2.75) is 31.9 Å². The first-order valence-electron chi connectivity index (χ1n) is 10.7. The number of nitrogens with zero attached hydrogens (tertiary/aromatic N) is 1. The molecule has 1 aliphatic rings. The van der Waals surface area contributed by atoms with Crippen LogP contribution in [-0.2, 0) is 4.74 Å². The smallest absolute Gasteiger partial charge is 0.335 e. The van der Waals surface area contributed by atoms with Crippen molar-refractivity contribution in [3.05, 3.63) is 59.3 Å². The van der Waals surface area contributed by atoms with E-state index in [9.17, 15) is 14.3 Å². The van der Waals surface area contributed by atoms with E-state index in [1.807, 2.05) is 37.4 Å². The van der Waals surface area contributed by atoms with Gasteiger partial charge < -0.3 is 25.0 Å². The molecule has 2 aromatic carbocycles. The van der Waals surface area contributed by atoms with E-state index < -0.39 is 12.6 Å². The number of hydrogen-bond donors (Lipinski definition) is 3. The third kappa shape index (κ3) is 4.42. The normalized spacial score (nSPS) is 19.2. The van der Waals surface area contributed by atoms with Crippen molar-refractivity contribution >= 4 is 22.6 Å². The van der Waals surface area contributed by atoms with Crippen LogP contribution in [0.4, 0.5) is 10.1 Å². The number of benzene rings is 2. The molecule has 1 fully saturated rings. The standard InChI is InChI=1S/C24H28FN3O4/c1-15-13-21(31-2)23(19-7-10-26-22(15)19)27-28-11-8-18(32-12-9-25)14-20(28)16-3-5-17(6-4-16)24(29)30/h3-7,10,13,18,20,26-27H,8-9,11-12,14H2,1-2H3,(H,29,30)/t18-,20-/m0/s1. The van der Waals surface area contributed by atoms with Crippen LogP contribution in [0.2, 0.25) is 0 Å². The number of hydrazine groups is 1. The summed E-state index contributed by atoms with van der Waals surface area (Å²) in [5, 5.41) is 12.4. The lowest BCUT2D eigenvalue weighted by molar-refractivity contribution is -0.0139. The molecule has 0 unspecified atom stereocenters. The number of H-pyrrole nitrogens is 1. The number of methoxy groups -OCH3 is 1. The Morgan fingerprint density at radius 3 is 2.78 bits per heavy atom. The van der Waals surface area contributed by atoms with Crippen LogP contribution in [0.25, 0.3) is 10.9 Å². The molecular weight excluding hydrogens is 413 g/mol. The van der Waals surface area contributed by atoms with Crippen molar-refractivity contribution in [1.29, 1.82) is 0 Å². The topological polar surface area (TPSA) is 86.8 Å². The summed E-state index contributed by atoms with van der Waals surface area (Å²) in [7, 11) is 1.65. The van der Waals surface area contributed by atoms with Gasteiger partial charge in [-0.3, -0.25) is 0 Å². The number of aromatic carboxylic acids is 1. The van der Waals surface area contributed by atoms with E-state index in [1.54, 1.807) is 19.2 Å². The lowest BCUT2D eigenvalue weighted by atomic mass is 9.94.